The summed E-state index contributed by atoms with van der Waals surface area (Å²) < 4.78 is 5.30. The summed E-state index contributed by atoms with van der Waals surface area (Å²) in [5.41, 5.74) is 0. The highest BCUT2D eigenvalue weighted by atomic mass is 16.5. The van der Waals surface area contributed by atoms with Gasteiger partial charge in [0.05, 0.1) is 6.61 Å². The van der Waals surface area contributed by atoms with Crippen LogP contribution in [0.5, 0.6) is 0 Å². The molecule has 96 valence electrons. The third-order valence-corrected chi connectivity index (χ3v) is 3.83. The van der Waals surface area contributed by atoms with Crippen LogP contribution in [0.4, 0.5) is 0 Å². The van der Waals surface area contributed by atoms with E-state index in [2.05, 4.69) is 24.1 Å². The van der Waals surface area contributed by atoms with Crippen molar-refractivity contribution >= 4 is 0 Å². The number of hydrogen-bond donors (Lipinski definition) is 1. The van der Waals surface area contributed by atoms with E-state index in [1.165, 1.54) is 25.9 Å². The molecule has 1 saturated heterocycles. The zero-order chi connectivity index (χ0) is 12.0. The van der Waals surface area contributed by atoms with Crippen molar-refractivity contribution in [3.05, 3.63) is 0 Å². The first-order valence-electron chi connectivity index (χ1n) is 6.56. The van der Waals surface area contributed by atoms with E-state index in [1.807, 2.05) is 7.05 Å². The van der Waals surface area contributed by atoms with E-state index in [0.717, 1.165) is 25.0 Å². The smallest absolute Gasteiger partial charge is 0.0630 e. The molecule has 3 nitrogen and oxygen atoms in total. The minimum atomic E-state index is 0.545. The lowest BCUT2D eigenvalue weighted by Crippen LogP contribution is -2.48. The summed E-state index contributed by atoms with van der Waals surface area (Å²) in [5, 5.41) is 3.26. The Bertz CT molecular complexity index is 171. The van der Waals surface area contributed by atoms with E-state index < -0.39 is 0 Å². The van der Waals surface area contributed by atoms with E-state index in [4.69, 9.17) is 4.74 Å². The van der Waals surface area contributed by atoms with Gasteiger partial charge in [0.25, 0.3) is 0 Å². The van der Waals surface area contributed by atoms with E-state index in [-0.39, 0.29) is 0 Å². The first kappa shape index (κ1) is 13.9. The van der Waals surface area contributed by atoms with Crippen molar-refractivity contribution in [3.8, 4) is 0 Å². The number of piperidine rings is 1. The van der Waals surface area contributed by atoms with Gasteiger partial charge < -0.3 is 10.1 Å². The van der Waals surface area contributed by atoms with Gasteiger partial charge in [-0.3, -0.25) is 4.90 Å². The lowest BCUT2D eigenvalue weighted by Gasteiger charge is -2.38. The number of methoxy groups -OCH3 is 1. The molecule has 0 aromatic rings. The van der Waals surface area contributed by atoms with Crippen LogP contribution < -0.4 is 5.32 Å². The van der Waals surface area contributed by atoms with Gasteiger partial charge in [0.2, 0.25) is 0 Å². The summed E-state index contributed by atoms with van der Waals surface area (Å²) in [7, 11) is 3.81. The van der Waals surface area contributed by atoms with Crippen LogP contribution in [0.15, 0.2) is 0 Å². The summed E-state index contributed by atoms with van der Waals surface area (Å²) >= 11 is 0. The van der Waals surface area contributed by atoms with Crippen molar-refractivity contribution in [1.82, 2.24) is 10.2 Å². The van der Waals surface area contributed by atoms with Crippen LogP contribution in [-0.4, -0.2) is 51.3 Å². The number of likely N-dealkylation sites (N-methyl/N-ethyl adjacent to an activating group) is 1. The Balaban J connectivity index is 2.37. The number of rotatable bonds is 6. The second kappa shape index (κ2) is 7.25. The van der Waals surface area contributed by atoms with Crippen LogP contribution in [0.2, 0.25) is 0 Å². The topological polar surface area (TPSA) is 24.5 Å². The molecule has 1 fully saturated rings. The summed E-state index contributed by atoms with van der Waals surface area (Å²) in [6.07, 6.45) is 2.70. The molecular formula is C13H28N2O. The van der Waals surface area contributed by atoms with Crippen molar-refractivity contribution < 1.29 is 4.74 Å². The van der Waals surface area contributed by atoms with E-state index in [0.29, 0.717) is 6.04 Å². The summed E-state index contributed by atoms with van der Waals surface area (Å²) in [6.45, 7) is 9.03. The molecule has 0 bridgehead atoms. The fraction of sp³-hybridized carbons (Fsp3) is 1.00. The van der Waals surface area contributed by atoms with Gasteiger partial charge in [-0.1, -0.05) is 13.8 Å². The zero-order valence-corrected chi connectivity index (χ0v) is 11.3. The van der Waals surface area contributed by atoms with Gasteiger partial charge in [-0.2, -0.15) is 0 Å². The van der Waals surface area contributed by atoms with E-state index >= 15 is 0 Å². The number of nitrogens with zero attached hydrogens (tertiary/aromatic N) is 1. The second-order valence-electron chi connectivity index (χ2n) is 5.28. The molecule has 1 atom stereocenters. The SMILES string of the molecule is CNCC(COC)N1CCC(C(C)C)CC1. The van der Waals surface area contributed by atoms with Crippen LogP contribution >= 0.6 is 0 Å². The lowest BCUT2D eigenvalue weighted by atomic mass is 9.86. The Hall–Kier alpha value is -0.120. The minimum Gasteiger partial charge on any atom is -0.383 e. The Morgan fingerprint density at radius 2 is 1.94 bits per heavy atom. The van der Waals surface area contributed by atoms with Gasteiger partial charge in [-0.15, -0.1) is 0 Å². The molecular weight excluding hydrogens is 200 g/mol. The van der Waals surface area contributed by atoms with Crippen LogP contribution in [-0.2, 0) is 4.74 Å². The fourth-order valence-electron chi connectivity index (χ4n) is 2.67. The molecule has 1 aliphatic heterocycles. The monoisotopic (exact) mass is 228 g/mol. The summed E-state index contributed by atoms with van der Waals surface area (Å²) in [5.74, 6) is 1.77. The average molecular weight is 228 g/mol. The van der Waals surface area contributed by atoms with E-state index in [1.54, 1.807) is 7.11 Å². The molecule has 0 spiro atoms. The number of likely N-dealkylation sites (tertiary alicyclic amines) is 1. The summed E-state index contributed by atoms with van der Waals surface area (Å²) in [6, 6.07) is 0.545. The zero-order valence-electron chi connectivity index (χ0n) is 11.3. The number of hydrogen-bond acceptors (Lipinski definition) is 3. The van der Waals surface area contributed by atoms with E-state index in [9.17, 15) is 0 Å². The van der Waals surface area contributed by atoms with Crippen LogP contribution in [0.1, 0.15) is 26.7 Å². The van der Waals surface area contributed by atoms with Gasteiger partial charge in [0, 0.05) is 19.7 Å². The molecule has 3 heteroatoms. The van der Waals surface area contributed by atoms with Gasteiger partial charge >= 0.3 is 0 Å². The maximum atomic E-state index is 5.30. The van der Waals surface area contributed by atoms with Gasteiger partial charge in [0.15, 0.2) is 0 Å². The van der Waals surface area contributed by atoms with Gasteiger partial charge in [-0.05, 0) is 44.8 Å². The Morgan fingerprint density at radius 3 is 2.38 bits per heavy atom. The molecule has 0 radical (unpaired) electrons. The third-order valence-electron chi connectivity index (χ3n) is 3.83. The maximum Gasteiger partial charge on any atom is 0.0630 e. The molecule has 0 amide bonds. The van der Waals surface area contributed by atoms with Crippen molar-refractivity contribution in [3.63, 3.8) is 0 Å². The molecule has 16 heavy (non-hydrogen) atoms. The predicted octanol–water partition coefficient (Wildman–Crippen LogP) is 1.59. The molecule has 1 unspecified atom stereocenters. The Morgan fingerprint density at radius 1 is 1.31 bits per heavy atom. The first-order valence-corrected chi connectivity index (χ1v) is 6.56. The van der Waals surface area contributed by atoms with Crippen molar-refractivity contribution in [1.29, 1.82) is 0 Å². The quantitative estimate of drug-likeness (QED) is 0.747. The molecule has 0 aromatic carbocycles. The van der Waals surface area contributed by atoms with Gasteiger partial charge in [-0.25, -0.2) is 0 Å². The number of nitrogens with one attached hydrogen (secondary N) is 1. The van der Waals surface area contributed by atoms with Crippen LogP contribution in [0.3, 0.4) is 0 Å². The normalized spacial score (nSPS) is 21.6. The minimum absolute atomic E-state index is 0.545. The van der Waals surface area contributed by atoms with Crippen molar-refractivity contribution in [2.75, 3.05) is 40.4 Å². The molecule has 1 heterocycles. The molecule has 0 aromatic heterocycles. The van der Waals surface area contributed by atoms with Crippen molar-refractivity contribution in [2.45, 2.75) is 32.7 Å². The molecule has 1 N–H and O–H groups in total. The summed E-state index contributed by atoms with van der Waals surface area (Å²) in [4.78, 5) is 2.58. The first-order chi connectivity index (χ1) is 7.69. The highest BCUT2D eigenvalue weighted by Gasteiger charge is 2.25. The highest BCUT2D eigenvalue weighted by molar-refractivity contribution is 4.80. The largest absolute Gasteiger partial charge is 0.383 e. The molecule has 0 saturated carbocycles. The Labute approximate surface area is 101 Å². The predicted molar refractivity (Wildman–Crippen MR) is 68.7 cm³/mol. The molecule has 0 aliphatic carbocycles. The van der Waals surface area contributed by atoms with Gasteiger partial charge in [0.1, 0.15) is 0 Å². The molecule has 1 aliphatic rings. The average Bonchev–Trinajstić information content (AvgIpc) is 2.29. The lowest BCUT2D eigenvalue weighted by molar-refractivity contribution is 0.0585. The fourth-order valence-corrected chi connectivity index (χ4v) is 2.67. The standard InChI is InChI=1S/C13H28N2O/c1-11(2)12-5-7-15(8-6-12)13(9-14-3)10-16-4/h11-14H,5-10H2,1-4H3. The number of ether oxygens (including phenoxy) is 1. The second-order valence-corrected chi connectivity index (χ2v) is 5.28. The Kier molecular flexibility index (Phi) is 6.32. The highest BCUT2D eigenvalue weighted by Crippen LogP contribution is 2.25. The molecule has 1 rings (SSSR count). The maximum absolute atomic E-state index is 5.30. The van der Waals surface area contributed by atoms with Crippen LogP contribution in [0, 0.1) is 11.8 Å². The van der Waals surface area contributed by atoms with Crippen LogP contribution in [0.25, 0.3) is 0 Å². The third kappa shape index (κ3) is 4.04. The van der Waals surface area contributed by atoms with Crippen molar-refractivity contribution in [2.24, 2.45) is 11.8 Å².